The van der Waals surface area contributed by atoms with Gasteiger partial charge in [-0.2, -0.15) is 5.10 Å². The lowest BCUT2D eigenvalue weighted by Crippen LogP contribution is -2.15. The molecule has 5 nitrogen and oxygen atoms in total. The van der Waals surface area contributed by atoms with Crippen LogP contribution in [0.4, 0.5) is 10.1 Å². The number of nitrogens with one attached hydrogen (secondary N) is 2. The zero-order valence-electron chi connectivity index (χ0n) is 18.2. The van der Waals surface area contributed by atoms with Crippen molar-refractivity contribution in [3.63, 3.8) is 0 Å². The Kier molecular flexibility index (Phi) is 4.93. The largest absolute Gasteiger partial charge is 0.394 e. The van der Waals surface area contributed by atoms with Crippen molar-refractivity contribution in [3.8, 4) is 22.4 Å². The third-order valence-corrected chi connectivity index (χ3v) is 6.20. The highest BCUT2D eigenvalue weighted by Crippen LogP contribution is 2.37. The maximum Gasteiger partial charge on any atom is 0.132 e. The summed E-state index contributed by atoms with van der Waals surface area (Å²) in [5.74, 6) is -0.331. The highest BCUT2D eigenvalue weighted by atomic mass is 19.1. The summed E-state index contributed by atoms with van der Waals surface area (Å²) in [5.41, 5.74) is 7.00. The van der Waals surface area contributed by atoms with Gasteiger partial charge in [-0.3, -0.25) is 10.1 Å². The van der Waals surface area contributed by atoms with Crippen molar-refractivity contribution in [2.45, 2.75) is 6.04 Å². The number of aromatic amines is 1. The van der Waals surface area contributed by atoms with E-state index in [1.54, 1.807) is 12.3 Å². The van der Waals surface area contributed by atoms with Crippen LogP contribution in [0.2, 0.25) is 0 Å². The summed E-state index contributed by atoms with van der Waals surface area (Å²) in [5, 5.41) is 21.9. The fourth-order valence-electron chi connectivity index (χ4n) is 4.43. The smallest absolute Gasteiger partial charge is 0.132 e. The quantitative estimate of drug-likeness (QED) is 0.306. The molecule has 0 saturated heterocycles. The molecule has 0 amide bonds. The predicted octanol–water partition coefficient (Wildman–Crippen LogP) is 6.06. The Morgan fingerprint density at radius 3 is 2.68 bits per heavy atom. The highest BCUT2D eigenvalue weighted by Gasteiger charge is 2.18. The molecule has 0 fully saturated rings. The molecule has 1 atom stereocenters. The summed E-state index contributed by atoms with van der Waals surface area (Å²) in [6, 6.07) is 22.5. The molecule has 34 heavy (non-hydrogen) atoms. The number of rotatable bonds is 4. The molecule has 166 valence electrons. The molecule has 0 radical (unpaired) electrons. The van der Waals surface area contributed by atoms with E-state index in [1.807, 2.05) is 66.7 Å². The lowest BCUT2D eigenvalue weighted by atomic mass is 9.96. The van der Waals surface area contributed by atoms with Crippen molar-refractivity contribution < 1.29 is 9.50 Å². The van der Waals surface area contributed by atoms with Crippen molar-refractivity contribution in [2.75, 3.05) is 11.9 Å². The number of aliphatic hydroxyl groups is 1. The molecule has 6 heteroatoms. The number of hydrogen-bond donors (Lipinski definition) is 3. The normalized spacial score (nSPS) is 13.8. The van der Waals surface area contributed by atoms with E-state index in [0.29, 0.717) is 11.3 Å². The van der Waals surface area contributed by atoms with Crippen LogP contribution in [0.15, 0.2) is 79.0 Å². The summed E-state index contributed by atoms with van der Waals surface area (Å²) in [6.45, 7) is -0.0756. The van der Waals surface area contributed by atoms with Crippen LogP contribution >= 0.6 is 0 Å². The van der Waals surface area contributed by atoms with Crippen LogP contribution in [0, 0.1) is 5.82 Å². The molecular weight excluding hydrogens is 427 g/mol. The number of anilines is 1. The molecule has 4 bridgehead atoms. The van der Waals surface area contributed by atoms with E-state index in [0.717, 1.165) is 44.5 Å². The third kappa shape index (κ3) is 3.54. The van der Waals surface area contributed by atoms with E-state index in [-0.39, 0.29) is 18.5 Å². The van der Waals surface area contributed by atoms with E-state index < -0.39 is 0 Å². The number of benzene rings is 3. The molecule has 3 aromatic carbocycles. The first-order valence-electron chi connectivity index (χ1n) is 11.1. The van der Waals surface area contributed by atoms with Gasteiger partial charge in [-0.1, -0.05) is 48.5 Å². The Bertz CT molecular complexity index is 1540. The molecular formula is C28H21FN4O. The monoisotopic (exact) mass is 448 g/mol. The van der Waals surface area contributed by atoms with Crippen molar-refractivity contribution in [1.82, 2.24) is 15.2 Å². The zero-order chi connectivity index (χ0) is 23.1. The molecule has 2 aromatic heterocycles. The number of pyridine rings is 1. The average Bonchev–Trinajstić information content (AvgIpc) is 3.29. The standard InChI is InChI=1S/C28H21FN4O/c29-24-9-6-17-7-10-25-23-13-19(8-11-26(23)33-32-25)21-14-20(15-30-28(21)22(24)12-17)31-27(16-34)18-4-2-1-3-5-18/h1-15,27,31,34H,16H2,(H,32,33)/b10-7-. The SMILES string of the molecule is OCC(Nc1cnc2c(c1)-c1ccc3[nH]nc(c3c1)/C=C\c1ccc(F)c-2c1)c1ccccc1. The average molecular weight is 449 g/mol. The molecule has 2 heterocycles. The van der Waals surface area contributed by atoms with Gasteiger partial charge in [-0.15, -0.1) is 0 Å². The molecule has 0 aliphatic heterocycles. The number of aromatic nitrogens is 3. The van der Waals surface area contributed by atoms with Crippen LogP contribution in [-0.2, 0) is 0 Å². The first kappa shape index (κ1) is 20.3. The Morgan fingerprint density at radius 1 is 0.941 bits per heavy atom. The second kappa shape index (κ2) is 8.24. The molecule has 6 rings (SSSR count). The molecule has 0 saturated carbocycles. The summed E-state index contributed by atoms with van der Waals surface area (Å²) in [6.07, 6.45) is 5.55. The summed E-state index contributed by atoms with van der Waals surface area (Å²) in [7, 11) is 0. The molecule has 3 N–H and O–H groups in total. The Morgan fingerprint density at radius 2 is 1.82 bits per heavy atom. The van der Waals surface area contributed by atoms with Crippen LogP contribution in [0.25, 0.3) is 45.4 Å². The van der Waals surface area contributed by atoms with E-state index >= 15 is 0 Å². The fraction of sp³-hybridized carbons (Fsp3) is 0.0714. The molecule has 1 aliphatic rings. The van der Waals surface area contributed by atoms with Gasteiger partial charge in [0.15, 0.2) is 0 Å². The van der Waals surface area contributed by atoms with Gasteiger partial charge in [0.2, 0.25) is 0 Å². The first-order valence-corrected chi connectivity index (χ1v) is 11.1. The van der Waals surface area contributed by atoms with Crippen molar-refractivity contribution in [2.24, 2.45) is 0 Å². The predicted molar refractivity (Wildman–Crippen MR) is 134 cm³/mol. The first-order chi connectivity index (χ1) is 16.7. The number of hydrogen-bond acceptors (Lipinski definition) is 4. The lowest BCUT2D eigenvalue weighted by Gasteiger charge is -2.19. The maximum absolute atomic E-state index is 15.0. The third-order valence-electron chi connectivity index (χ3n) is 6.20. The van der Waals surface area contributed by atoms with E-state index in [9.17, 15) is 9.50 Å². The minimum Gasteiger partial charge on any atom is -0.394 e. The van der Waals surface area contributed by atoms with Crippen LogP contribution in [-0.4, -0.2) is 26.9 Å². The van der Waals surface area contributed by atoms with Gasteiger partial charge < -0.3 is 10.4 Å². The molecule has 0 spiro atoms. The second-order valence-corrected chi connectivity index (χ2v) is 8.35. The topological polar surface area (TPSA) is 73.8 Å². The Labute approximate surface area is 195 Å². The lowest BCUT2D eigenvalue weighted by molar-refractivity contribution is 0.276. The molecule has 5 aromatic rings. The van der Waals surface area contributed by atoms with E-state index in [2.05, 4.69) is 21.6 Å². The Hall–Kier alpha value is -4.29. The fourth-order valence-corrected chi connectivity index (χ4v) is 4.43. The zero-order valence-corrected chi connectivity index (χ0v) is 18.2. The van der Waals surface area contributed by atoms with Gasteiger partial charge in [0.05, 0.1) is 41.4 Å². The van der Waals surface area contributed by atoms with Gasteiger partial charge in [0.1, 0.15) is 5.82 Å². The number of fused-ring (bicyclic) bond motifs is 6. The molecule has 1 aliphatic carbocycles. The van der Waals surface area contributed by atoms with E-state index in [4.69, 9.17) is 4.98 Å². The van der Waals surface area contributed by atoms with Gasteiger partial charge >= 0.3 is 0 Å². The van der Waals surface area contributed by atoms with Crippen LogP contribution < -0.4 is 5.32 Å². The summed E-state index contributed by atoms with van der Waals surface area (Å²) < 4.78 is 15.0. The van der Waals surface area contributed by atoms with Gasteiger partial charge in [-0.05, 0) is 53.1 Å². The summed E-state index contributed by atoms with van der Waals surface area (Å²) in [4.78, 5) is 4.70. The van der Waals surface area contributed by atoms with Crippen LogP contribution in [0.5, 0.6) is 0 Å². The van der Waals surface area contributed by atoms with Gasteiger partial charge in [0, 0.05) is 16.5 Å². The molecule has 1 unspecified atom stereocenters. The second-order valence-electron chi connectivity index (χ2n) is 8.35. The van der Waals surface area contributed by atoms with E-state index in [1.165, 1.54) is 6.07 Å². The van der Waals surface area contributed by atoms with Crippen molar-refractivity contribution >= 4 is 28.7 Å². The highest BCUT2D eigenvalue weighted by molar-refractivity contribution is 5.95. The minimum atomic E-state index is -0.331. The number of nitrogens with zero attached hydrogens (tertiary/aromatic N) is 2. The summed E-state index contributed by atoms with van der Waals surface area (Å²) >= 11 is 0. The van der Waals surface area contributed by atoms with Crippen molar-refractivity contribution in [3.05, 3.63) is 102 Å². The number of halogens is 1. The van der Waals surface area contributed by atoms with Gasteiger partial charge in [-0.25, -0.2) is 4.39 Å². The number of H-pyrrole nitrogens is 1. The Balaban J connectivity index is 1.54. The maximum atomic E-state index is 15.0. The number of aliphatic hydroxyl groups excluding tert-OH is 1. The minimum absolute atomic E-state index is 0.0756. The van der Waals surface area contributed by atoms with Crippen LogP contribution in [0.3, 0.4) is 0 Å². The van der Waals surface area contributed by atoms with Crippen molar-refractivity contribution in [1.29, 1.82) is 0 Å². The van der Waals surface area contributed by atoms with Crippen LogP contribution in [0.1, 0.15) is 22.9 Å². The van der Waals surface area contributed by atoms with Gasteiger partial charge in [0.25, 0.3) is 0 Å².